The lowest BCUT2D eigenvalue weighted by molar-refractivity contribution is -0.143. The summed E-state index contributed by atoms with van der Waals surface area (Å²) in [7, 11) is 0. The van der Waals surface area contributed by atoms with Gasteiger partial charge in [0.25, 0.3) is 0 Å². The van der Waals surface area contributed by atoms with E-state index in [0.717, 1.165) is 0 Å². The first-order chi connectivity index (χ1) is 19.3. The molecule has 0 saturated carbocycles. The number of carboxylic acids is 2. The largest absolute Gasteiger partial charge is 0.508 e. The maximum atomic E-state index is 13.2. The monoisotopic (exact) mass is 597 g/mol. The molecule has 1 rings (SSSR count). The number of hydrogen-bond acceptors (Lipinski definition) is 9. The van der Waals surface area contributed by atoms with Crippen LogP contribution < -0.4 is 33.2 Å². The molecule has 0 aliphatic heterocycles. The molecule has 15 nitrogen and oxygen atoms in total. The molecule has 0 aromatic heterocycles. The van der Waals surface area contributed by atoms with Gasteiger partial charge in [-0.15, -0.1) is 0 Å². The van der Waals surface area contributed by atoms with Crippen molar-refractivity contribution in [3.05, 3.63) is 29.8 Å². The predicted molar refractivity (Wildman–Crippen MR) is 153 cm³/mol. The van der Waals surface area contributed by atoms with Crippen LogP contribution in [0.3, 0.4) is 0 Å². The molecule has 0 fully saturated rings. The number of phenolic OH excluding ortho intramolecular Hbond substituents is 1. The zero-order chi connectivity index (χ0) is 30.9. The van der Waals surface area contributed by atoms with Crippen LogP contribution in [0.2, 0.25) is 0 Å². The third kappa shape index (κ3) is 14.2. The molecule has 41 heavy (non-hydrogen) atoms. The Morgan fingerprint density at radius 1 is 0.878 bits per heavy atom. The summed E-state index contributed by atoms with van der Waals surface area (Å²) in [5.74, 6) is -4.47. The fraction of sp³-hybridized carbons (Fsp3) is 0.520. The summed E-state index contributed by atoms with van der Waals surface area (Å²) in [6.07, 6.45) is 1.56. The normalized spacial score (nSPS) is 13.6. The van der Waals surface area contributed by atoms with Crippen LogP contribution in [-0.4, -0.2) is 93.7 Å². The lowest BCUT2D eigenvalue weighted by atomic mass is 10.0. The van der Waals surface area contributed by atoms with E-state index in [-0.39, 0.29) is 43.9 Å². The summed E-state index contributed by atoms with van der Waals surface area (Å²) in [4.78, 5) is 65.8. The van der Waals surface area contributed by atoms with E-state index in [9.17, 15) is 34.2 Å². The maximum absolute atomic E-state index is 13.2. The highest BCUT2D eigenvalue weighted by Crippen LogP contribution is 2.12. The summed E-state index contributed by atoms with van der Waals surface area (Å²) in [6.45, 7) is 0.154. The Bertz CT molecular complexity index is 1070. The van der Waals surface area contributed by atoms with Crippen LogP contribution in [0, 0.1) is 0 Å². The van der Waals surface area contributed by atoms with E-state index in [1.165, 1.54) is 36.0 Å². The zero-order valence-electron chi connectivity index (χ0n) is 22.7. The van der Waals surface area contributed by atoms with Crippen molar-refractivity contribution in [1.29, 1.82) is 0 Å². The number of phenols is 1. The first-order valence-corrected chi connectivity index (χ1v) is 14.2. The summed E-state index contributed by atoms with van der Waals surface area (Å²) in [5, 5.41) is 35.6. The molecule has 0 bridgehead atoms. The molecule has 0 saturated heterocycles. The van der Waals surface area contributed by atoms with Crippen molar-refractivity contribution < 1.29 is 39.3 Å². The lowest BCUT2D eigenvalue weighted by Gasteiger charge is -2.25. The minimum atomic E-state index is -1.43. The van der Waals surface area contributed by atoms with Crippen LogP contribution in [0.25, 0.3) is 0 Å². The van der Waals surface area contributed by atoms with Gasteiger partial charge in [-0.3, -0.25) is 24.2 Å². The molecular weight excluding hydrogens is 558 g/mol. The van der Waals surface area contributed by atoms with Gasteiger partial charge in [-0.05, 0) is 55.4 Å². The van der Waals surface area contributed by atoms with Crippen molar-refractivity contribution in [3.63, 3.8) is 0 Å². The number of benzene rings is 1. The number of aliphatic carboxylic acids is 2. The van der Waals surface area contributed by atoms with Crippen molar-refractivity contribution in [2.24, 2.45) is 22.2 Å². The van der Waals surface area contributed by atoms with Crippen molar-refractivity contribution >= 4 is 47.4 Å². The van der Waals surface area contributed by atoms with Gasteiger partial charge in [0.15, 0.2) is 5.96 Å². The quantitative estimate of drug-likeness (QED) is 0.0499. The van der Waals surface area contributed by atoms with Crippen LogP contribution >= 0.6 is 11.8 Å². The summed E-state index contributed by atoms with van der Waals surface area (Å²) >= 11 is 1.50. The minimum absolute atomic E-state index is 0.0220. The van der Waals surface area contributed by atoms with E-state index < -0.39 is 60.2 Å². The molecule has 0 aliphatic carbocycles. The Labute approximate surface area is 241 Å². The molecule has 3 amide bonds. The number of nitrogens with two attached hydrogens (primary N) is 3. The van der Waals surface area contributed by atoms with E-state index in [1.807, 2.05) is 6.26 Å². The number of amides is 3. The average molecular weight is 598 g/mol. The second-order valence-corrected chi connectivity index (χ2v) is 10.1. The third-order valence-corrected chi connectivity index (χ3v) is 6.46. The van der Waals surface area contributed by atoms with Gasteiger partial charge in [0.05, 0.1) is 6.04 Å². The topological polar surface area (TPSA) is 273 Å². The van der Waals surface area contributed by atoms with E-state index in [0.29, 0.717) is 17.7 Å². The Morgan fingerprint density at radius 2 is 1.44 bits per heavy atom. The molecule has 0 spiro atoms. The highest BCUT2D eigenvalue weighted by atomic mass is 32.2. The second-order valence-electron chi connectivity index (χ2n) is 9.16. The third-order valence-electron chi connectivity index (χ3n) is 5.82. The molecule has 1 aromatic carbocycles. The van der Waals surface area contributed by atoms with E-state index in [2.05, 4.69) is 20.9 Å². The highest BCUT2D eigenvalue weighted by molar-refractivity contribution is 7.98. The van der Waals surface area contributed by atoms with Gasteiger partial charge in [0.2, 0.25) is 17.7 Å². The molecule has 4 atom stereocenters. The number of thioether (sulfide) groups is 1. The van der Waals surface area contributed by atoms with E-state index >= 15 is 0 Å². The van der Waals surface area contributed by atoms with Gasteiger partial charge in [-0.2, -0.15) is 11.8 Å². The smallest absolute Gasteiger partial charge is 0.326 e. The molecule has 12 N–H and O–H groups in total. The van der Waals surface area contributed by atoms with Gasteiger partial charge in [0, 0.05) is 19.4 Å². The molecular formula is C25H39N7O8S. The van der Waals surface area contributed by atoms with Crippen LogP contribution in [0.15, 0.2) is 29.3 Å². The molecule has 0 heterocycles. The summed E-state index contributed by atoms with van der Waals surface area (Å²) in [5.41, 5.74) is 17.1. The molecule has 4 unspecified atom stereocenters. The number of carboxylic acid groups (broad SMARTS) is 2. The lowest BCUT2D eigenvalue weighted by Crippen LogP contribution is -2.57. The van der Waals surface area contributed by atoms with Crippen LogP contribution in [-0.2, 0) is 30.4 Å². The van der Waals surface area contributed by atoms with Crippen LogP contribution in [0.5, 0.6) is 5.75 Å². The highest BCUT2D eigenvalue weighted by Gasteiger charge is 2.30. The van der Waals surface area contributed by atoms with Gasteiger partial charge < -0.3 is 48.5 Å². The number of aromatic hydroxyl groups is 1. The fourth-order valence-corrected chi connectivity index (χ4v) is 4.07. The Morgan fingerprint density at radius 3 is 1.98 bits per heavy atom. The van der Waals surface area contributed by atoms with Crippen molar-refractivity contribution in [1.82, 2.24) is 16.0 Å². The average Bonchev–Trinajstić information content (AvgIpc) is 2.91. The van der Waals surface area contributed by atoms with Gasteiger partial charge >= 0.3 is 11.9 Å². The van der Waals surface area contributed by atoms with Crippen LogP contribution in [0.1, 0.15) is 37.7 Å². The molecule has 1 aromatic rings. The zero-order valence-corrected chi connectivity index (χ0v) is 23.6. The number of carbonyl (C=O) groups excluding carboxylic acids is 3. The molecule has 228 valence electrons. The predicted octanol–water partition coefficient (Wildman–Crippen LogP) is -1.53. The number of nitrogens with one attached hydrogen (secondary N) is 3. The van der Waals surface area contributed by atoms with Gasteiger partial charge in [-0.25, -0.2) is 4.79 Å². The first kappa shape index (κ1) is 35.0. The van der Waals surface area contributed by atoms with Gasteiger partial charge in [-0.1, -0.05) is 12.1 Å². The number of carbonyl (C=O) groups is 5. The number of guanidine groups is 1. The van der Waals surface area contributed by atoms with E-state index in [4.69, 9.17) is 22.3 Å². The number of rotatable bonds is 19. The first-order valence-electron chi connectivity index (χ1n) is 12.8. The number of aliphatic imine (C=N–C) groups is 1. The SMILES string of the molecule is CSCCC(N)C(=O)NC(CCCN=C(N)N)C(=O)NC(CCC(=O)O)C(=O)NC(Cc1ccc(O)cc1)C(=O)O. The van der Waals surface area contributed by atoms with Crippen molar-refractivity contribution in [2.45, 2.75) is 62.7 Å². The van der Waals surface area contributed by atoms with Crippen LogP contribution in [0.4, 0.5) is 0 Å². The Balaban J connectivity index is 3.08. The summed E-state index contributed by atoms with van der Waals surface area (Å²) in [6, 6.07) is 0.799. The number of nitrogens with zero attached hydrogens (tertiary/aromatic N) is 1. The Hall–Kier alpha value is -4.05. The number of hydrogen-bond donors (Lipinski definition) is 9. The van der Waals surface area contributed by atoms with Gasteiger partial charge in [0.1, 0.15) is 23.9 Å². The molecule has 0 aliphatic rings. The van der Waals surface area contributed by atoms with Crippen molar-refractivity contribution in [2.75, 3.05) is 18.6 Å². The standard InChI is InChI=1S/C25H39N7O8S/c1-41-12-10-16(26)21(36)30-17(3-2-11-29-25(27)28)22(37)31-18(8-9-20(34)35)23(38)32-19(24(39)40)13-14-4-6-15(33)7-5-14/h4-7,16-19,33H,2-3,8-13,26H2,1H3,(H,30,36)(H,31,37)(H,32,38)(H,34,35)(H,39,40)(H4,27,28,29). The molecule has 16 heteroatoms. The second kappa shape index (κ2) is 18.3. The minimum Gasteiger partial charge on any atom is -0.508 e. The van der Waals surface area contributed by atoms with E-state index in [1.54, 1.807) is 0 Å². The van der Waals surface area contributed by atoms with Crippen molar-refractivity contribution in [3.8, 4) is 5.75 Å². The molecule has 0 radical (unpaired) electrons. The Kier molecular flexibility index (Phi) is 15.6. The summed E-state index contributed by atoms with van der Waals surface area (Å²) < 4.78 is 0. The maximum Gasteiger partial charge on any atom is 0.326 e. The fourth-order valence-electron chi connectivity index (χ4n) is 3.58.